The Morgan fingerprint density at radius 2 is 1.69 bits per heavy atom. The van der Waals surface area contributed by atoms with E-state index in [1.54, 1.807) is 24.3 Å². The van der Waals surface area contributed by atoms with Crippen LogP contribution in [0.2, 0.25) is 0 Å². The van der Waals surface area contributed by atoms with E-state index in [1.165, 1.54) is 54.6 Å². The number of non-ortho nitro benzene ring substituents is 1. The van der Waals surface area contributed by atoms with Crippen LogP contribution in [0.3, 0.4) is 0 Å². The number of anilines is 1. The molecule has 5 rings (SSSR count). The number of aromatic carboxylic acids is 1. The van der Waals surface area contributed by atoms with E-state index >= 15 is 0 Å². The van der Waals surface area contributed by atoms with E-state index in [9.17, 15) is 44.9 Å². The number of phenolic OH excluding ortho intramolecular Hbond substituents is 1. The van der Waals surface area contributed by atoms with Gasteiger partial charge in [-0.3, -0.25) is 19.7 Å². The second-order valence-corrected chi connectivity index (χ2v) is 12.1. The van der Waals surface area contributed by atoms with Crippen LogP contribution in [0.5, 0.6) is 5.75 Å². The normalized spacial score (nSPS) is 12.3. The summed E-state index contributed by atoms with van der Waals surface area (Å²) in [5.74, 6) is -1.36. The van der Waals surface area contributed by atoms with Gasteiger partial charge in [-0.2, -0.15) is 0 Å². The van der Waals surface area contributed by atoms with Crippen molar-refractivity contribution < 1.29 is 39.4 Å². The molecule has 0 fully saturated rings. The molecule has 3 aromatic rings. The van der Waals surface area contributed by atoms with Gasteiger partial charge in [0.15, 0.2) is 10.5 Å². The summed E-state index contributed by atoms with van der Waals surface area (Å²) in [6.07, 6.45) is 0.734. The van der Waals surface area contributed by atoms with Crippen molar-refractivity contribution in [2.75, 3.05) is 18.5 Å². The molecule has 1 aliphatic heterocycles. The van der Waals surface area contributed by atoms with Crippen molar-refractivity contribution in [2.45, 2.75) is 37.8 Å². The molecule has 264 valence electrons. The average molecular weight is 715 g/mol. The lowest BCUT2D eigenvalue weighted by atomic mass is 9.90. The molecule has 2 atom stereocenters. The van der Waals surface area contributed by atoms with Crippen molar-refractivity contribution in [3.05, 3.63) is 110 Å². The lowest BCUT2D eigenvalue weighted by molar-refractivity contribution is -0.384. The number of thiocarbonyl (C=S) groups is 1. The number of nitrogens with one attached hydrogen (secondary N) is 3. The lowest BCUT2D eigenvalue weighted by Crippen LogP contribution is -2.41. The van der Waals surface area contributed by atoms with Gasteiger partial charge in [-0.1, -0.05) is 12.5 Å². The minimum Gasteiger partial charge on any atom is -0.508 e. The fraction of sp³-hybridized carbons (Fsp3) is 0.222. The molecule has 51 heavy (non-hydrogen) atoms. The second kappa shape index (κ2) is 16.2. The second-order valence-electron chi connectivity index (χ2n) is 11.7. The molecule has 0 bridgehead atoms. The number of aliphatic hydroxyl groups excluding tert-OH is 2. The summed E-state index contributed by atoms with van der Waals surface area (Å²) >= 11 is 5.41. The summed E-state index contributed by atoms with van der Waals surface area (Å²) in [5.41, 5.74) is 1.99. The zero-order chi connectivity index (χ0) is 36.7. The van der Waals surface area contributed by atoms with E-state index in [2.05, 4.69) is 16.0 Å². The highest BCUT2D eigenvalue weighted by atomic mass is 32.1. The molecule has 0 radical (unpaired) electrons. The standard InChI is InChI=1S/C36H34N4O10S/c41-19-29(34(45)20-5-8-22(9-6-20)40(48)49)39-32(44)4-2-1-3-15-37-36(51)38-21-7-12-25(28(16-21)35(46)47)33-26-13-10-23(42)17-30(26)50-31-18-24(43)11-14-27(31)33/h5-14,16-18,29,34,41-42,45H,1-4,15,19H2,(H,39,44)(H,46,47)(H2,37,38,51)/t29-,34+/m1/s1. The van der Waals surface area contributed by atoms with E-state index in [1.807, 2.05) is 0 Å². The van der Waals surface area contributed by atoms with Gasteiger partial charge in [-0.25, -0.2) is 4.79 Å². The first kappa shape index (κ1) is 36.4. The van der Waals surface area contributed by atoms with E-state index in [0.717, 1.165) is 0 Å². The number of nitrogens with zero attached hydrogens (tertiary/aromatic N) is 1. The molecule has 1 aliphatic carbocycles. The summed E-state index contributed by atoms with van der Waals surface area (Å²) in [5, 5.41) is 60.7. The lowest BCUT2D eigenvalue weighted by Gasteiger charge is -2.22. The maximum Gasteiger partial charge on any atom is 0.336 e. The highest BCUT2D eigenvalue weighted by Gasteiger charge is 2.24. The number of carbonyl (C=O) groups excluding carboxylic acids is 1. The van der Waals surface area contributed by atoms with Crippen LogP contribution in [0.4, 0.5) is 11.4 Å². The molecule has 15 heteroatoms. The number of fused-ring (bicyclic) bond motifs is 2. The van der Waals surface area contributed by atoms with Gasteiger partial charge in [0, 0.05) is 59.4 Å². The Kier molecular flexibility index (Phi) is 11.6. The quantitative estimate of drug-likeness (QED) is 0.0267. The largest absolute Gasteiger partial charge is 0.508 e. The molecule has 0 unspecified atom stereocenters. The highest BCUT2D eigenvalue weighted by Crippen LogP contribution is 2.42. The van der Waals surface area contributed by atoms with E-state index in [-0.39, 0.29) is 51.2 Å². The van der Waals surface area contributed by atoms with Crippen LogP contribution in [0, 0.1) is 10.1 Å². The molecule has 1 amide bonds. The fourth-order valence-electron chi connectivity index (χ4n) is 5.66. The third-order valence-corrected chi connectivity index (χ3v) is 8.44. The maximum atomic E-state index is 12.5. The van der Waals surface area contributed by atoms with E-state index in [0.29, 0.717) is 59.1 Å². The number of carboxylic acid groups (broad SMARTS) is 1. The van der Waals surface area contributed by atoms with Gasteiger partial charge in [-0.15, -0.1) is 0 Å². The summed E-state index contributed by atoms with van der Waals surface area (Å²) in [7, 11) is 0. The molecule has 2 aliphatic rings. The third kappa shape index (κ3) is 8.83. The number of benzene rings is 4. The predicted molar refractivity (Wildman–Crippen MR) is 193 cm³/mol. The molecule has 0 saturated heterocycles. The van der Waals surface area contributed by atoms with Gasteiger partial charge in [0.25, 0.3) is 5.69 Å². The van der Waals surface area contributed by atoms with E-state index < -0.39 is 29.6 Å². The highest BCUT2D eigenvalue weighted by molar-refractivity contribution is 7.80. The van der Waals surface area contributed by atoms with Crippen molar-refractivity contribution in [3.8, 4) is 28.2 Å². The zero-order valence-corrected chi connectivity index (χ0v) is 27.8. The number of rotatable bonds is 14. The minimum absolute atomic E-state index is 0.0298. The smallest absolute Gasteiger partial charge is 0.336 e. The summed E-state index contributed by atoms with van der Waals surface area (Å²) < 4.78 is 5.87. The number of aromatic hydroxyl groups is 1. The third-order valence-electron chi connectivity index (χ3n) is 8.19. The van der Waals surface area contributed by atoms with Crippen LogP contribution in [0.15, 0.2) is 88.1 Å². The van der Waals surface area contributed by atoms with Crippen molar-refractivity contribution in [1.82, 2.24) is 10.6 Å². The van der Waals surface area contributed by atoms with Crippen LogP contribution in [-0.2, 0) is 4.79 Å². The number of amides is 1. The van der Waals surface area contributed by atoms with Gasteiger partial charge in [0.2, 0.25) is 5.91 Å². The van der Waals surface area contributed by atoms with Crippen LogP contribution in [0.1, 0.15) is 47.7 Å². The Labute approximate surface area is 295 Å². The SMILES string of the molecule is O=C(CCCCCNC(=S)Nc1ccc(-c2c3ccc(=O)cc-3oc3cc(O)ccc23)c(C(=O)O)c1)N[C@H](CO)[C@@H](O)c1ccc([N+](=O)[O-])cc1. The van der Waals surface area contributed by atoms with Gasteiger partial charge < -0.3 is 40.8 Å². The number of aliphatic hydroxyl groups is 2. The number of carboxylic acids is 1. The van der Waals surface area contributed by atoms with Crippen molar-refractivity contribution in [2.24, 2.45) is 0 Å². The zero-order valence-electron chi connectivity index (χ0n) is 27.0. The molecule has 1 heterocycles. The first-order valence-electron chi connectivity index (χ1n) is 15.9. The number of carbonyl (C=O) groups is 2. The average Bonchev–Trinajstić information content (AvgIpc) is 3.10. The van der Waals surface area contributed by atoms with Crippen LogP contribution in [0.25, 0.3) is 33.4 Å². The maximum absolute atomic E-state index is 12.5. The summed E-state index contributed by atoms with van der Waals surface area (Å²) in [6, 6.07) is 17.7. The topological polar surface area (TPSA) is 224 Å². The Hall–Kier alpha value is -5.90. The van der Waals surface area contributed by atoms with Crippen LogP contribution in [-0.4, -0.2) is 61.5 Å². The minimum atomic E-state index is -1.25. The number of hydrogen-bond donors (Lipinski definition) is 7. The Bertz CT molecular complexity index is 2120. The molecule has 3 aromatic carbocycles. The monoisotopic (exact) mass is 714 g/mol. The first-order chi connectivity index (χ1) is 24.4. The van der Waals surface area contributed by atoms with Crippen molar-refractivity contribution in [1.29, 1.82) is 0 Å². The van der Waals surface area contributed by atoms with Crippen LogP contribution >= 0.6 is 12.2 Å². The molecule has 14 nitrogen and oxygen atoms in total. The molecule has 0 saturated carbocycles. The number of unbranched alkanes of at least 4 members (excludes halogenated alkanes) is 2. The van der Waals surface area contributed by atoms with Gasteiger partial charge >= 0.3 is 5.97 Å². The number of nitro benzene ring substituents is 1. The summed E-state index contributed by atoms with van der Waals surface area (Å²) in [4.78, 5) is 47.3. The molecule has 7 N–H and O–H groups in total. The van der Waals surface area contributed by atoms with Crippen molar-refractivity contribution >= 4 is 51.6 Å². The number of phenols is 1. The Balaban J connectivity index is 1.14. The number of nitro groups is 1. The summed E-state index contributed by atoms with van der Waals surface area (Å²) in [6.45, 7) is -0.0601. The van der Waals surface area contributed by atoms with Gasteiger partial charge in [0.05, 0.1) is 23.1 Å². The molecule has 0 spiro atoms. The first-order valence-corrected chi connectivity index (χ1v) is 16.3. The Morgan fingerprint density at radius 3 is 2.39 bits per heavy atom. The predicted octanol–water partition coefficient (Wildman–Crippen LogP) is 4.93. The van der Waals surface area contributed by atoms with Gasteiger partial charge in [-0.05, 0) is 84.7 Å². The fourth-order valence-corrected chi connectivity index (χ4v) is 5.88. The van der Waals surface area contributed by atoms with E-state index in [4.69, 9.17) is 16.6 Å². The number of hydrogen-bond acceptors (Lipinski definition) is 10. The molecule has 0 aromatic heterocycles. The van der Waals surface area contributed by atoms with Crippen LogP contribution < -0.4 is 21.4 Å². The Morgan fingerprint density at radius 1 is 0.941 bits per heavy atom. The molecular formula is C36H34N4O10S. The van der Waals surface area contributed by atoms with Gasteiger partial charge in [0.1, 0.15) is 23.2 Å². The van der Waals surface area contributed by atoms with Crippen molar-refractivity contribution in [3.63, 3.8) is 0 Å². The molecular weight excluding hydrogens is 680 g/mol.